The van der Waals surface area contributed by atoms with Crippen molar-refractivity contribution >= 4 is 28.3 Å². The fraction of sp³-hybridized carbons (Fsp3) is 0.111. The molecule has 3 aromatic rings. The van der Waals surface area contributed by atoms with Crippen molar-refractivity contribution in [3.8, 4) is 0 Å². The Hall–Kier alpha value is -3.08. The van der Waals surface area contributed by atoms with Crippen LogP contribution in [0.4, 0.5) is 5.69 Å². The van der Waals surface area contributed by atoms with Gasteiger partial charge in [-0.25, -0.2) is 0 Å². The average Bonchev–Trinajstić information content (AvgIpc) is 3.10. The van der Waals surface area contributed by atoms with Crippen LogP contribution in [0, 0.1) is 0 Å². The molecule has 23 heavy (non-hydrogen) atoms. The fourth-order valence-corrected chi connectivity index (χ4v) is 2.33. The first-order valence-corrected chi connectivity index (χ1v) is 7.33. The monoisotopic (exact) mass is 308 g/mol. The highest BCUT2D eigenvalue weighted by molar-refractivity contribution is 6.02. The number of carbonyl (C=O) groups is 2. The van der Waals surface area contributed by atoms with Crippen molar-refractivity contribution < 1.29 is 14.0 Å². The summed E-state index contributed by atoms with van der Waals surface area (Å²) in [6.07, 6.45) is 1.62. The first kappa shape index (κ1) is 14.8. The van der Waals surface area contributed by atoms with Gasteiger partial charge in [0.1, 0.15) is 0 Å². The van der Waals surface area contributed by atoms with Crippen molar-refractivity contribution in [2.75, 3.05) is 11.9 Å². The lowest BCUT2D eigenvalue weighted by atomic mass is 10.1. The SMILES string of the molecule is O=C(CCNC(=O)c1ccco1)Nc1cccc2ccccc12. The van der Waals surface area contributed by atoms with Gasteiger partial charge < -0.3 is 15.1 Å². The van der Waals surface area contributed by atoms with Gasteiger partial charge in [-0.15, -0.1) is 0 Å². The smallest absolute Gasteiger partial charge is 0.286 e. The summed E-state index contributed by atoms with van der Waals surface area (Å²) in [5, 5.41) is 7.58. The molecule has 5 heteroatoms. The molecule has 1 heterocycles. The van der Waals surface area contributed by atoms with Crippen LogP contribution in [0.15, 0.2) is 65.3 Å². The summed E-state index contributed by atoms with van der Waals surface area (Å²) in [5.41, 5.74) is 0.769. The van der Waals surface area contributed by atoms with E-state index < -0.39 is 0 Å². The summed E-state index contributed by atoms with van der Waals surface area (Å²) in [6, 6.07) is 16.8. The Morgan fingerprint density at radius 1 is 0.957 bits per heavy atom. The van der Waals surface area contributed by atoms with E-state index in [1.165, 1.54) is 6.26 Å². The zero-order chi connectivity index (χ0) is 16.1. The summed E-state index contributed by atoms with van der Waals surface area (Å²) in [4.78, 5) is 23.7. The second-order valence-corrected chi connectivity index (χ2v) is 5.06. The topological polar surface area (TPSA) is 71.3 Å². The molecule has 0 spiro atoms. The largest absolute Gasteiger partial charge is 0.459 e. The Morgan fingerprint density at radius 3 is 2.61 bits per heavy atom. The highest BCUT2D eigenvalue weighted by atomic mass is 16.3. The molecular formula is C18H16N2O3. The second kappa shape index (κ2) is 6.79. The molecule has 116 valence electrons. The Bertz CT molecular complexity index is 820. The predicted octanol–water partition coefficient (Wildman–Crippen LogP) is 3.19. The molecule has 0 unspecified atom stereocenters. The molecule has 1 aromatic heterocycles. The molecule has 3 rings (SSSR count). The summed E-state index contributed by atoms with van der Waals surface area (Å²) >= 11 is 0. The molecule has 0 saturated carbocycles. The van der Waals surface area contributed by atoms with Gasteiger partial charge in [0.25, 0.3) is 5.91 Å². The third-order valence-corrected chi connectivity index (χ3v) is 3.45. The molecule has 2 N–H and O–H groups in total. The summed E-state index contributed by atoms with van der Waals surface area (Å²) in [6.45, 7) is 0.246. The van der Waals surface area contributed by atoms with Crippen LogP contribution in [0.25, 0.3) is 10.8 Å². The first-order chi connectivity index (χ1) is 11.2. The van der Waals surface area contributed by atoms with E-state index >= 15 is 0 Å². The third-order valence-electron chi connectivity index (χ3n) is 3.45. The van der Waals surface area contributed by atoms with Crippen LogP contribution >= 0.6 is 0 Å². The zero-order valence-corrected chi connectivity index (χ0v) is 12.4. The Morgan fingerprint density at radius 2 is 1.78 bits per heavy atom. The Balaban J connectivity index is 1.56. The number of carbonyl (C=O) groups excluding carboxylic acids is 2. The van der Waals surface area contributed by atoms with Crippen molar-refractivity contribution in [2.24, 2.45) is 0 Å². The van der Waals surface area contributed by atoms with Gasteiger partial charge in [-0.2, -0.15) is 0 Å². The van der Waals surface area contributed by atoms with Crippen LogP contribution in [-0.2, 0) is 4.79 Å². The van der Waals surface area contributed by atoms with Crippen LogP contribution in [-0.4, -0.2) is 18.4 Å². The lowest BCUT2D eigenvalue weighted by Gasteiger charge is -2.09. The first-order valence-electron chi connectivity index (χ1n) is 7.33. The minimum atomic E-state index is -0.326. The number of hydrogen-bond donors (Lipinski definition) is 2. The van der Waals surface area contributed by atoms with Gasteiger partial charge in [0, 0.05) is 24.0 Å². The molecule has 2 aromatic carbocycles. The number of hydrogen-bond acceptors (Lipinski definition) is 3. The maximum atomic E-state index is 12.0. The zero-order valence-electron chi connectivity index (χ0n) is 12.4. The molecule has 2 amide bonds. The maximum absolute atomic E-state index is 12.0. The van der Waals surface area contributed by atoms with E-state index in [2.05, 4.69) is 10.6 Å². The fourth-order valence-electron chi connectivity index (χ4n) is 2.33. The average molecular weight is 308 g/mol. The molecule has 0 bridgehead atoms. The van der Waals surface area contributed by atoms with Crippen molar-refractivity contribution in [1.82, 2.24) is 5.32 Å². The molecule has 0 aliphatic carbocycles. The van der Waals surface area contributed by atoms with Crippen molar-refractivity contribution in [2.45, 2.75) is 6.42 Å². The van der Waals surface area contributed by atoms with Gasteiger partial charge in [-0.05, 0) is 23.6 Å². The quantitative estimate of drug-likeness (QED) is 0.760. The summed E-state index contributed by atoms with van der Waals surface area (Å²) in [7, 11) is 0. The summed E-state index contributed by atoms with van der Waals surface area (Å²) < 4.78 is 4.98. The predicted molar refractivity (Wildman–Crippen MR) is 88.2 cm³/mol. The number of fused-ring (bicyclic) bond motifs is 1. The third kappa shape index (κ3) is 3.58. The second-order valence-electron chi connectivity index (χ2n) is 5.06. The van der Waals surface area contributed by atoms with Crippen LogP contribution in [0.3, 0.4) is 0 Å². The van der Waals surface area contributed by atoms with Crippen LogP contribution < -0.4 is 10.6 Å². The van der Waals surface area contributed by atoms with Gasteiger partial charge in [-0.3, -0.25) is 9.59 Å². The van der Waals surface area contributed by atoms with E-state index in [1.807, 2.05) is 42.5 Å². The van der Waals surface area contributed by atoms with Crippen LogP contribution in [0.1, 0.15) is 17.0 Å². The van der Waals surface area contributed by atoms with Gasteiger partial charge >= 0.3 is 0 Å². The molecule has 0 aliphatic rings. The van der Waals surface area contributed by atoms with Crippen LogP contribution in [0.2, 0.25) is 0 Å². The molecule has 0 aliphatic heterocycles. The molecule has 5 nitrogen and oxygen atoms in total. The van der Waals surface area contributed by atoms with E-state index in [9.17, 15) is 9.59 Å². The van der Waals surface area contributed by atoms with Crippen molar-refractivity contribution in [3.05, 3.63) is 66.6 Å². The lowest BCUT2D eigenvalue weighted by Crippen LogP contribution is -2.27. The van der Waals surface area contributed by atoms with E-state index in [-0.39, 0.29) is 30.5 Å². The Labute approximate surface area is 133 Å². The molecule has 0 atom stereocenters. The van der Waals surface area contributed by atoms with Gasteiger partial charge in [0.15, 0.2) is 5.76 Å². The standard InChI is InChI=1S/C18H16N2O3/c21-17(10-11-19-18(22)16-9-4-12-23-16)20-15-8-3-6-13-5-1-2-7-14(13)15/h1-9,12H,10-11H2,(H,19,22)(H,20,21). The van der Waals surface area contributed by atoms with E-state index in [4.69, 9.17) is 4.42 Å². The number of nitrogens with one attached hydrogen (secondary N) is 2. The van der Waals surface area contributed by atoms with Crippen LogP contribution in [0.5, 0.6) is 0 Å². The highest BCUT2D eigenvalue weighted by Gasteiger charge is 2.09. The minimum absolute atomic E-state index is 0.152. The van der Waals surface area contributed by atoms with Gasteiger partial charge in [-0.1, -0.05) is 36.4 Å². The van der Waals surface area contributed by atoms with Crippen molar-refractivity contribution in [1.29, 1.82) is 0 Å². The normalized spacial score (nSPS) is 10.4. The molecule has 0 saturated heterocycles. The van der Waals surface area contributed by atoms with Gasteiger partial charge in [0.2, 0.25) is 5.91 Å². The highest BCUT2D eigenvalue weighted by Crippen LogP contribution is 2.22. The molecular weight excluding hydrogens is 292 g/mol. The van der Waals surface area contributed by atoms with Gasteiger partial charge in [0.05, 0.1) is 6.26 Å². The van der Waals surface area contributed by atoms with E-state index in [0.29, 0.717) is 0 Å². The Kier molecular flexibility index (Phi) is 4.38. The number of anilines is 1. The summed E-state index contributed by atoms with van der Waals surface area (Å²) in [5.74, 6) is -0.242. The number of rotatable bonds is 5. The number of furan rings is 1. The molecule has 0 fully saturated rings. The van der Waals surface area contributed by atoms with E-state index in [1.54, 1.807) is 12.1 Å². The number of amides is 2. The minimum Gasteiger partial charge on any atom is -0.459 e. The molecule has 0 radical (unpaired) electrons. The van der Waals surface area contributed by atoms with Crippen molar-refractivity contribution in [3.63, 3.8) is 0 Å². The maximum Gasteiger partial charge on any atom is 0.286 e. The lowest BCUT2D eigenvalue weighted by molar-refractivity contribution is -0.116. The van der Waals surface area contributed by atoms with E-state index in [0.717, 1.165) is 16.5 Å². The number of benzene rings is 2.